The fourth-order valence-corrected chi connectivity index (χ4v) is 5.77. The molecular formula is C20H31ClN4O3S. The molecule has 29 heavy (non-hydrogen) atoms. The number of nitrogens with zero attached hydrogens (tertiary/aromatic N) is 3. The second-order valence-electron chi connectivity index (χ2n) is 7.65. The van der Waals surface area contributed by atoms with Crippen LogP contribution in [0, 0.1) is 0 Å². The lowest BCUT2D eigenvalue weighted by Crippen LogP contribution is -2.49. The Morgan fingerprint density at radius 2 is 2.03 bits per heavy atom. The molecule has 2 aliphatic heterocycles. The first kappa shape index (κ1) is 22.5. The SMILES string of the molecule is CCN1CCC[C@H]1CN(CCS(=O)(=O)N1CCNCC1)C(=O)c1cccc(Cl)c1. The van der Waals surface area contributed by atoms with Crippen molar-refractivity contribution >= 4 is 27.5 Å². The number of rotatable bonds is 8. The van der Waals surface area contributed by atoms with Crippen LogP contribution in [0.15, 0.2) is 24.3 Å². The van der Waals surface area contributed by atoms with Gasteiger partial charge in [-0.2, -0.15) is 4.31 Å². The van der Waals surface area contributed by atoms with Crippen molar-refractivity contribution in [3.63, 3.8) is 0 Å². The van der Waals surface area contributed by atoms with Gasteiger partial charge in [0.2, 0.25) is 10.0 Å². The third kappa shape index (κ3) is 5.92. The molecule has 0 unspecified atom stereocenters. The van der Waals surface area contributed by atoms with E-state index >= 15 is 0 Å². The van der Waals surface area contributed by atoms with Crippen LogP contribution in [0.2, 0.25) is 5.02 Å². The second-order valence-corrected chi connectivity index (χ2v) is 10.2. The first-order chi connectivity index (χ1) is 13.9. The Labute approximate surface area is 179 Å². The number of hydrogen-bond donors (Lipinski definition) is 1. The Morgan fingerprint density at radius 1 is 1.28 bits per heavy atom. The van der Waals surface area contributed by atoms with Crippen LogP contribution in [-0.4, -0.2) is 92.6 Å². The molecule has 1 amide bonds. The maximum atomic E-state index is 13.2. The molecule has 0 aliphatic carbocycles. The van der Waals surface area contributed by atoms with E-state index in [1.54, 1.807) is 29.2 Å². The van der Waals surface area contributed by atoms with E-state index in [0.717, 1.165) is 25.9 Å². The third-order valence-electron chi connectivity index (χ3n) is 5.78. The molecule has 2 fully saturated rings. The van der Waals surface area contributed by atoms with Crippen molar-refractivity contribution in [3.05, 3.63) is 34.9 Å². The van der Waals surface area contributed by atoms with Gasteiger partial charge in [0.05, 0.1) is 5.75 Å². The van der Waals surface area contributed by atoms with Crippen LogP contribution in [0.1, 0.15) is 30.1 Å². The van der Waals surface area contributed by atoms with Gasteiger partial charge in [-0.25, -0.2) is 8.42 Å². The van der Waals surface area contributed by atoms with Crippen molar-refractivity contribution in [2.45, 2.75) is 25.8 Å². The lowest BCUT2D eigenvalue weighted by Gasteiger charge is -2.32. The zero-order chi connectivity index (χ0) is 20.9. The zero-order valence-corrected chi connectivity index (χ0v) is 18.6. The molecule has 2 heterocycles. The van der Waals surface area contributed by atoms with Crippen molar-refractivity contribution in [1.82, 2.24) is 19.4 Å². The van der Waals surface area contributed by atoms with Crippen LogP contribution >= 0.6 is 11.6 Å². The van der Waals surface area contributed by atoms with Gasteiger partial charge in [-0.1, -0.05) is 24.6 Å². The third-order valence-corrected chi connectivity index (χ3v) is 7.87. The fourth-order valence-electron chi connectivity index (χ4n) is 4.13. The fraction of sp³-hybridized carbons (Fsp3) is 0.650. The van der Waals surface area contributed by atoms with Crippen LogP contribution < -0.4 is 5.32 Å². The van der Waals surface area contributed by atoms with Crippen molar-refractivity contribution in [1.29, 1.82) is 0 Å². The van der Waals surface area contributed by atoms with Crippen LogP contribution in [-0.2, 0) is 10.0 Å². The monoisotopic (exact) mass is 442 g/mol. The number of benzene rings is 1. The van der Waals surface area contributed by atoms with Crippen LogP contribution in [0.4, 0.5) is 0 Å². The Morgan fingerprint density at radius 3 is 2.72 bits per heavy atom. The van der Waals surface area contributed by atoms with Gasteiger partial charge in [-0.15, -0.1) is 0 Å². The van der Waals surface area contributed by atoms with Gasteiger partial charge < -0.3 is 10.2 Å². The predicted octanol–water partition coefficient (Wildman–Crippen LogP) is 1.50. The van der Waals surface area contributed by atoms with Crippen LogP contribution in [0.25, 0.3) is 0 Å². The van der Waals surface area contributed by atoms with E-state index in [1.807, 2.05) is 0 Å². The molecule has 9 heteroatoms. The molecule has 1 N–H and O–H groups in total. The number of hydrogen-bond acceptors (Lipinski definition) is 5. The Kier molecular flexibility index (Phi) is 7.92. The predicted molar refractivity (Wildman–Crippen MR) is 116 cm³/mol. The highest BCUT2D eigenvalue weighted by molar-refractivity contribution is 7.89. The van der Waals surface area contributed by atoms with E-state index in [1.165, 1.54) is 4.31 Å². The van der Waals surface area contributed by atoms with Gasteiger partial charge in [0.1, 0.15) is 0 Å². The van der Waals surface area contributed by atoms with E-state index in [2.05, 4.69) is 17.1 Å². The van der Waals surface area contributed by atoms with E-state index < -0.39 is 10.0 Å². The lowest BCUT2D eigenvalue weighted by atomic mass is 10.1. The summed E-state index contributed by atoms with van der Waals surface area (Å²) in [5.41, 5.74) is 0.498. The van der Waals surface area contributed by atoms with Gasteiger partial charge >= 0.3 is 0 Å². The number of nitrogens with one attached hydrogen (secondary N) is 1. The molecule has 0 saturated carbocycles. The number of carbonyl (C=O) groups is 1. The first-order valence-electron chi connectivity index (χ1n) is 10.4. The number of piperazine rings is 1. The largest absolute Gasteiger partial charge is 0.336 e. The number of likely N-dealkylation sites (tertiary alicyclic amines) is 1. The summed E-state index contributed by atoms with van der Waals surface area (Å²) in [5.74, 6) is -0.219. The second kappa shape index (κ2) is 10.2. The van der Waals surface area contributed by atoms with Crippen molar-refractivity contribution in [2.24, 2.45) is 0 Å². The summed E-state index contributed by atoms with van der Waals surface area (Å²) in [6.45, 7) is 7.10. The minimum atomic E-state index is -3.40. The average molecular weight is 443 g/mol. The highest BCUT2D eigenvalue weighted by Crippen LogP contribution is 2.20. The summed E-state index contributed by atoms with van der Waals surface area (Å²) < 4.78 is 27.1. The minimum Gasteiger partial charge on any atom is -0.336 e. The maximum absolute atomic E-state index is 13.2. The quantitative estimate of drug-likeness (QED) is 0.660. The smallest absolute Gasteiger partial charge is 0.253 e. The van der Waals surface area contributed by atoms with Crippen molar-refractivity contribution < 1.29 is 13.2 Å². The van der Waals surface area contributed by atoms with Gasteiger partial charge in [0.15, 0.2) is 0 Å². The van der Waals surface area contributed by atoms with E-state index in [-0.39, 0.29) is 24.2 Å². The molecule has 2 saturated heterocycles. The molecule has 162 valence electrons. The first-order valence-corrected chi connectivity index (χ1v) is 12.4. The van der Waals surface area contributed by atoms with Crippen LogP contribution in [0.3, 0.4) is 0 Å². The van der Waals surface area contributed by atoms with E-state index in [0.29, 0.717) is 43.3 Å². The van der Waals surface area contributed by atoms with E-state index in [9.17, 15) is 13.2 Å². The highest BCUT2D eigenvalue weighted by Gasteiger charge is 2.30. The molecule has 1 atom stereocenters. The molecule has 3 rings (SSSR count). The highest BCUT2D eigenvalue weighted by atomic mass is 35.5. The zero-order valence-electron chi connectivity index (χ0n) is 17.0. The standard InChI is InChI=1S/C20H31ClN4O3S/c1-2-23-10-4-7-19(23)16-24(20(26)17-5-3-6-18(21)15-17)13-14-29(27,28)25-11-8-22-9-12-25/h3,5-6,15,19,22H,2,4,7-14,16H2,1H3/t19-/m0/s1. The molecule has 1 aromatic rings. The lowest BCUT2D eigenvalue weighted by molar-refractivity contribution is 0.0718. The molecule has 1 aromatic carbocycles. The van der Waals surface area contributed by atoms with Crippen molar-refractivity contribution in [2.75, 3.05) is 58.1 Å². The van der Waals surface area contributed by atoms with Gasteiger partial charge in [0.25, 0.3) is 5.91 Å². The summed E-state index contributed by atoms with van der Waals surface area (Å²) in [6.07, 6.45) is 2.13. The number of sulfonamides is 1. The summed E-state index contributed by atoms with van der Waals surface area (Å²) in [7, 11) is -3.40. The van der Waals surface area contributed by atoms with Gasteiger partial charge in [-0.05, 0) is 44.1 Å². The number of amides is 1. The molecule has 0 spiro atoms. The Balaban J connectivity index is 1.73. The average Bonchev–Trinajstić information content (AvgIpc) is 3.18. The molecule has 2 aliphatic rings. The number of likely N-dealkylation sites (N-methyl/N-ethyl adjacent to an activating group) is 1. The van der Waals surface area contributed by atoms with Crippen LogP contribution in [0.5, 0.6) is 0 Å². The number of halogens is 1. The molecule has 0 bridgehead atoms. The maximum Gasteiger partial charge on any atom is 0.253 e. The van der Waals surface area contributed by atoms with E-state index in [4.69, 9.17) is 11.6 Å². The summed E-state index contributed by atoms with van der Waals surface area (Å²) >= 11 is 6.07. The Hall–Kier alpha value is -1.19. The topological polar surface area (TPSA) is 73.0 Å². The molecule has 7 nitrogen and oxygen atoms in total. The molecular weight excluding hydrogens is 412 g/mol. The molecule has 0 aromatic heterocycles. The summed E-state index contributed by atoms with van der Waals surface area (Å²) in [6, 6.07) is 7.13. The van der Waals surface area contributed by atoms with Crippen molar-refractivity contribution in [3.8, 4) is 0 Å². The minimum absolute atomic E-state index is 0.0574. The molecule has 0 radical (unpaired) electrons. The summed E-state index contributed by atoms with van der Waals surface area (Å²) in [4.78, 5) is 17.3. The number of carbonyl (C=O) groups excluding carboxylic acids is 1. The normalized spacial score (nSPS) is 21.4. The summed E-state index contributed by atoms with van der Waals surface area (Å²) in [5, 5.41) is 3.67. The Bertz CT molecular complexity index is 799. The van der Waals surface area contributed by atoms with Gasteiger partial charge in [0, 0.05) is 55.9 Å². The van der Waals surface area contributed by atoms with Gasteiger partial charge in [-0.3, -0.25) is 9.69 Å².